The smallest absolute Gasteiger partial charge is 0.257 e. The maximum Gasteiger partial charge on any atom is 0.257 e. The van der Waals surface area contributed by atoms with Crippen molar-refractivity contribution in [3.05, 3.63) is 47.3 Å². The number of aryl methyl sites for hydroxylation is 1. The second kappa shape index (κ2) is 7.81. The number of nitrogens with zero attached hydrogens (tertiary/aromatic N) is 3. The maximum absolute atomic E-state index is 13.0. The van der Waals surface area contributed by atoms with Gasteiger partial charge >= 0.3 is 0 Å². The van der Waals surface area contributed by atoms with Gasteiger partial charge in [-0.3, -0.25) is 4.79 Å². The third kappa shape index (κ3) is 3.47. The number of carbonyl (C=O) groups is 1. The highest BCUT2D eigenvalue weighted by Crippen LogP contribution is 2.21. The highest BCUT2D eigenvalue weighted by Gasteiger charge is 2.28. The molecule has 0 spiro atoms. The number of hydrogen-bond donors (Lipinski definition) is 1. The molecule has 1 saturated heterocycles. The number of para-hydroxylation sites is 1. The van der Waals surface area contributed by atoms with Crippen LogP contribution in [0.15, 0.2) is 30.3 Å². The van der Waals surface area contributed by atoms with Crippen molar-refractivity contribution < 1.29 is 4.79 Å². The minimum Gasteiger partial charge on any atom is -0.337 e. The molecule has 130 valence electrons. The summed E-state index contributed by atoms with van der Waals surface area (Å²) in [5.74, 6) is 0.0992. The molecule has 0 aliphatic carbocycles. The van der Waals surface area contributed by atoms with Crippen LogP contribution in [0.25, 0.3) is 5.69 Å². The summed E-state index contributed by atoms with van der Waals surface area (Å²) in [6, 6.07) is 10.3. The number of rotatable bonds is 3. The van der Waals surface area contributed by atoms with Crippen LogP contribution in [0.1, 0.15) is 34.6 Å². The molecule has 6 heteroatoms. The minimum absolute atomic E-state index is 0. The lowest BCUT2D eigenvalue weighted by atomic mass is 10.0. The van der Waals surface area contributed by atoms with Gasteiger partial charge in [0.15, 0.2) is 0 Å². The lowest BCUT2D eigenvalue weighted by Gasteiger charge is -2.32. The molecule has 3 rings (SSSR count). The van der Waals surface area contributed by atoms with E-state index in [0.717, 1.165) is 48.6 Å². The van der Waals surface area contributed by atoms with E-state index in [2.05, 4.69) is 10.4 Å². The molecule has 0 saturated carbocycles. The van der Waals surface area contributed by atoms with Crippen LogP contribution in [0.5, 0.6) is 0 Å². The van der Waals surface area contributed by atoms with Crippen molar-refractivity contribution in [2.75, 3.05) is 20.1 Å². The minimum atomic E-state index is 0. The topological polar surface area (TPSA) is 50.2 Å². The second-order valence-electron chi connectivity index (χ2n) is 6.17. The van der Waals surface area contributed by atoms with Crippen LogP contribution in [0.4, 0.5) is 0 Å². The van der Waals surface area contributed by atoms with E-state index in [0.29, 0.717) is 6.04 Å². The average Bonchev–Trinajstić information content (AvgIpc) is 2.89. The van der Waals surface area contributed by atoms with Crippen LogP contribution in [-0.4, -0.2) is 46.8 Å². The fourth-order valence-electron chi connectivity index (χ4n) is 3.33. The highest BCUT2D eigenvalue weighted by molar-refractivity contribution is 5.96. The Morgan fingerprint density at radius 2 is 1.96 bits per heavy atom. The van der Waals surface area contributed by atoms with Crippen LogP contribution in [0.3, 0.4) is 0 Å². The van der Waals surface area contributed by atoms with Gasteiger partial charge in [0.05, 0.1) is 22.6 Å². The lowest BCUT2D eigenvalue weighted by molar-refractivity contribution is 0.0696. The Labute approximate surface area is 149 Å². The maximum atomic E-state index is 13.0. The van der Waals surface area contributed by atoms with Gasteiger partial charge in [0, 0.05) is 19.1 Å². The van der Waals surface area contributed by atoms with Crippen LogP contribution < -0.4 is 5.32 Å². The Morgan fingerprint density at radius 1 is 1.25 bits per heavy atom. The Kier molecular flexibility index (Phi) is 6.02. The third-order valence-electron chi connectivity index (χ3n) is 4.62. The Bertz CT molecular complexity index is 699. The number of piperidine rings is 1. The number of halogens is 1. The molecule has 1 amide bonds. The van der Waals surface area contributed by atoms with Crippen molar-refractivity contribution in [2.24, 2.45) is 0 Å². The molecule has 1 aliphatic rings. The first kappa shape index (κ1) is 18.5. The van der Waals surface area contributed by atoms with Crippen molar-refractivity contribution >= 4 is 18.3 Å². The SMILES string of the molecule is CNC1CCCN(C(=O)c2c(C)nn(-c3ccccc3)c2C)C1.Cl. The van der Waals surface area contributed by atoms with Crippen LogP contribution in [0.2, 0.25) is 0 Å². The number of likely N-dealkylation sites (N-methyl/N-ethyl adjacent to an activating group) is 1. The van der Waals surface area contributed by atoms with Gasteiger partial charge < -0.3 is 10.2 Å². The van der Waals surface area contributed by atoms with Gasteiger partial charge in [0.2, 0.25) is 0 Å². The summed E-state index contributed by atoms with van der Waals surface area (Å²) in [5, 5.41) is 7.87. The zero-order chi connectivity index (χ0) is 16.4. The summed E-state index contributed by atoms with van der Waals surface area (Å²) in [7, 11) is 1.96. The fourth-order valence-corrected chi connectivity index (χ4v) is 3.33. The number of likely N-dealkylation sites (tertiary alicyclic amines) is 1. The van der Waals surface area contributed by atoms with Crippen molar-refractivity contribution in [3.63, 3.8) is 0 Å². The summed E-state index contributed by atoms with van der Waals surface area (Å²) >= 11 is 0. The molecule has 2 heterocycles. The molecule has 5 nitrogen and oxygen atoms in total. The van der Waals surface area contributed by atoms with Gasteiger partial charge in [0.1, 0.15) is 0 Å². The summed E-state index contributed by atoms with van der Waals surface area (Å²) in [6.07, 6.45) is 2.17. The average molecular weight is 349 g/mol. The Balaban J connectivity index is 0.00000208. The van der Waals surface area contributed by atoms with E-state index in [-0.39, 0.29) is 18.3 Å². The number of nitrogens with one attached hydrogen (secondary N) is 1. The quantitative estimate of drug-likeness (QED) is 0.927. The van der Waals surface area contributed by atoms with Crippen molar-refractivity contribution in [1.29, 1.82) is 0 Å². The predicted molar refractivity (Wildman–Crippen MR) is 98.3 cm³/mol. The van der Waals surface area contributed by atoms with E-state index >= 15 is 0 Å². The van der Waals surface area contributed by atoms with E-state index < -0.39 is 0 Å². The normalized spacial score (nSPS) is 17.5. The summed E-state index contributed by atoms with van der Waals surface area (Å²) < 4.78 is 1.86. The van der Waals surface area contributed by atoms with E-state index in [1.165, 1.54) is 0 Å². The Hall–Kier alpha value is -1.85. The molecule has 1 atom stereocenters. The zero-order valence-electron chi connectivity index (χ0n) is 14.5. The number of aromatic nitrogens is 2. The molecule has 24 heavy (non-hydrogen) atoms. The molecule has 1 unspecified atom stereocenters. The lowest BCUT2D eigenvalue weighted by Crippen LogP contribution is -2.47. The first-order valence-corrected chi connectivity index (χ1v) is 8.20. The van der Waals surface area contributed by atoms with Gasteiger partial charge in [-0.05, 0) is 45.9 Å². The van der Waals surface area contributed by atoms with E-state index in [9.17, 15) is 4.79 Å². The van der Waals surface area contributed by atoms with Crippen LogP contribution >= 0.6 is 12.4 Å². The predicted octanol–water partition coefficient (Wildman–Crippen LogP) is 2.73. The van der Waals surface area contributed by atoms with Crippen molar-refractivity contribution in [2.45, 2.75) is 32.7 Å². The van der Waals surface area contributed by atoms with E-state index in [1.54, 1.807) is 0 Å². The second-order valence-corrected chi connectivity index (χ2v) is 6.17. The molecule has 0 radical (unpaired) electrons. The number of amides is 1. The standard InChI is InChI=1S/C18H24N4O.ClH/c1-13-17(18(23)21-11-7-8-15(12-21)19-3)14(2)22(20-13)16-9-5-4-6-10-16;/h4-6,9-10,15,19H,7-8,11-12H2,1-3H3;1H. The molecule has 1 fully saturated rings. The molecule has 1 aliphatic heterocycles. The van der Waals surface area contributed by atoms with Gasteiger partial charge in [0.25, 0.3) is 5.91 Å². The van der Waals surface area contributed by atoms with E-state index in [4.69, 9.17) is 0 Å². The molecule has 0 bridgehead atoms. The molecule has 1 aromatic heterocycles. The third-order valence-corrected chi connectivity index (χ3v) is 4.62. The number of benzene rings is 1. The van der Waals surface area contributed by atoms with Gasteiger partial charge in [-0.2, -0.15) is 5.10 Å². The molecule has 1 N–H and O–H groups in total. The molecule has 2 aromatic rings. The highest BCUT2D eigenvalue weighted by atomic mass is 35.5. The van der Waals surface area contributed by atoms with Crippen LogP contribution in [0, 0.1) is 13.8 Å². The first-order chi connectivity index (χ1) is 11.1. The largest absolute Gasteiger partial charge is 0.337 e. The summed E-state index contributed by atoms with van der Waals surface area (Å²) in [4.78, 5) is 14.9. The van der Waals surface area contributed by atoms with Gasteiger partial charge in [-0.1, -0.05) is 18.2 Å². The monoisotopic (exact) mass is 348 g/mol. The fraction of sp³-hybridized carbons (Fsp3) is 0.444. The van der Waals surface area contributed by atoms with Crippen molar-refractivity contribution in [1.82, 2.24) is 20.0 Å². The van der Waals surface area contributed by atoms with E-state index in [1.807, 2.05) is 60.8 Å². The molecule has 1 aromatic carbocycles. The van der Waals surface area contributed by atoms with Crippen molar-refractivity contribution in [3.8, 4) is 5.69 Å². The number of hydrogen-bond acceptors (Lipinski definition) is 3. The molecular weight excluding hydrogens is 324 g/mol. The summed E-state index contributed by atoms with van der Waals surface area (Å²) in [5.41, 5.74) is 3.43. The zero-order valence-corrected chi connectivity index (χ0v) is 15.3. The van der Waals surface area contributed by atoms with Gasteiger partial charge in [-0.15, -0.1) is 12.4 Å². The first-order valence-electron chi connectivity index (χ1n) is 8.20. The molecular formula is C18H25ClN4O. The van der Waals surface area contributed by atoms with Gasteiger partial charge in [-0.25, -0.2) is 4.68 Å². The summed E-state index contributed by atoms with van der Waals surface area (Å²) in [6.45, 7) is 5.48. The number of carbonyl (C=O) groups excluding carboxylic acids is 1. The van der Waals surface area contributed by atoms with Crippen LogP contribution in [-0.2, 0) is 0 Å². The Morgan fingerprint density at radius 3 is 2.62 bits per heavy atom.